The molecule has 0 heterocycles. The Bertz CT molecular complexity index is 271. The summed E-state index contributed by atoms with van der Waals surface area (Å²) >= 11 is 0. The molecule has 3 heteroatoms. The maximum atomic E-state index is 9.43. The van der Waals surface area contributed by atoms with Crippen molar-refractivity contribution in [1.82, 2.24) is 0 Å². The van der Waals surface area contributed by atoms with Crippen LogP contribution in [0, 0.1) is 0 Å². The molecule has 0 radical (unpaired) electrons. The predicted molar refractivity (Wildman–Crippen MR) is 47.3 cm³/mol. The van der Waals surface area contributed by atoms with Crippen molar-refractivity contribution in [2.75, 3.05) is 7.11 Å². The Morgan fingerprint density at radius 3 is 2.58 bits per heavy atom. The molecule has 1 unspecified atom stereocenters. The highest BCUT2D eigenvalue weighted by atomic mass is 16.5. The summed E-state index contributed by atoms with van der Waals surface area (Å²) in [5.74, 6) is 0.821. The van der Waals surface area contributed by atoms with Gasteiger partial charge in [-0.1, -0.05) is 6.07 Å². The second kappa shape index (κ2) is 3.45. The van der Waals surface area contributed by atoms with Crippen LogP contribution in [0.1, 0.15) is 18.5 Å². The van der Waals surface area contributed by atoms with Crippen LogP contribution in [-0.4, -0.2) is 12.2 Å². The maximum Gasteiger partial charge on any atom is 0.124 e. The van der Waals surface area contributed by atoms with E-state index in [1.807, 2.05) is 6.92 Å². The molecule has 0 aliphatic rings. The van der Waals surface area contributed by atoms with E-state index in [1.165, 1.54) is 0 Å². The lowest BCUT2D eigenvalue weighted by molar-refractivity contribution is 0.405. The first-order valence-corrected chi connectivity index (χ1v) is 3.77. The van der Waals surface area contributed by atoms with Gasteiger partial charge in [-0.3, -0.25) is 0 Å². The lowest BCUT2D eigenvalue weighted by Gasteiger charge is -2.09. The van der Waals surface area contributed by atoms with Gasteiger partial charge in [-0.05, 0) is 13.0 Å². The number of rotatable bonds is 2. The number of ether oxygens (including phenoxy) is 1. The third-order valence-corrected chi connectivity index (χ3v) is 1.73. The SMILES string of the molecule is COc1ccc(C(C)N)c(O)c1. The van der Waals surface area contributed by atoms with Crippen LogP contribution in [-0.2, 0) is 0 Å². The van der Waals surface area contributed by atoms with E-state index in [4.69, 9.17) is 10.5 Å². The highest BCUT2D eigenvalue weighted by Crippen LogP contribution is 2.26. The number of aromatic hydroxyl groups is 1. The first-order valence-electron chi connectivity index (χ1n) is 3.77. The molecule has 0 spiro atoms. The van der Waals surface area contributed by atoms with E-state index in [0.717, 1.165) is 5.56 Å². The molecule has 0 fully saturated rings. The van der Waals surface area contributed by atoms with Crippen LogP contribution in [0.4, 0.5) is 0 Å². The molecule has 66 valence electrons. The first-order chi connectivity index (χ1) is 5.65. The quantitative estimate of drug-likeness (QED) is 0.700. The Kier molecular flexibility index (Phi) is 2.55. The number of methoxy groups -OCH3 is 1. The Morgan fingerprint density at radius 1 is 1.50 bits per heavy atom. The smallest absolute Gasteiger partial charge is 0.124 e. The summed E-state index contributed by atoms with van der Waals surface area (Å²) in [6, 6.07) is 4.94. The van der Waals surface area contributed by atoms with Crippen molar-refractivity contribution in [2.45, 2.75) is 13.0 Å². The fourth-order valence-corrected chi connectivity index (χ4v) is 1.04. The highest BCUT2D eigenvalue weighted by molar-refractivity contribution is 5.40. The van der Waals surface area contributed by atoms with Crippen molar-refractivity contribution in [3.63, 3.8) is 0 Å². The van der Waals surface area contributed by atoms with Crippen LogP contribution in [0.15, 0.2) is 18.2 Å². The van der Waals surface area contributed by atoms with Crippen molar-refractivity contribution in [3.8, 4) is 11.5 Å². The number of benzene rings is 1. The standard InChI is InChI=1S/C9H13NO2/c1-6(10)8-4-3-7(12-2)5-9(8)11/h3-6,11H,10H2,1-2H3. The van der Waals surface area contributed by atoms with E-state index in [1.54, 1.807) is 25.3 Å². The summed E-state index contributed by atoms with van der Waals surface area (Å²) in [6.07, 6.45) is 0. The van der Waals surface area contributed by atoms with Crippen LogP contribution in [0.2, 0.25) is 0 Å². The van der Waals surface area contributed by atoms with Gasteiger partial charge < -0.3 is 15.6 Å². The minimum Gasteiger partial charge on any atom is -0.507 e. The van der Waals surface area contributed by atoms with Gasteiger partial charge in [-0.15, -0.1) is 0 Å². The molecule has 0 aliphatic carbocycles. The minimum absolute atomic E-state index is 0.157. The molecule has 0 saturated heterocycles. The highest BCUT2D eigenvalue weighted by Gasteiger charge is 2.06. The average molecular weight is 167 g/mol. The van der Waals surface area contributed by atoms with Crippen LogP contribution >= 0.6 is 0 Å². The Hall–Kier alpha value is -1.22. The zero-order valence-electron chi connectivity index (χ0n) is 7.24. The normalized spacial score (nSPS) is 12.6. The van der Waals surface area contributed by atoms with Crippen molar-refractivity contribution >= 4 is 0 Å². The molecule has 0 bridgehead atoms. The van der Waals surface area contributed by atoms with E-state index in [-0.39, 0.29) is 11.8 Å². The fraction of sp³-hybridized carbons (Fsp3) is 0.333. The number of phenolic OH excluding ortho intramolecular Hbond substituents is 1. The zero-order valence-corrected chi connectivity index (χ0v) is 7.24. The monoisotopic (exact) mass is 167 g/mol. The summed E-state index contributed by atoms with van der Waals surface area (Å²) < 4.78 is 4.93. The molecule has 0 aliphatic heterocycles. The topological polar surface area (TPSA) is 55.5 Å². The van der Waals surface area contributed by atoms with Gasteiger partial charge in [0.1, 0.15) is 11.5 Å². The average Bonchev–Trinajstić information content (AvgIpc) is 2.03. The molecular formula is C9H13NO2. The number of hydrogen-bond donors (Lipinski definition) is 2. The summed E-state index contributed by atoms with van der Waals surface area (Å²) in [6.45, 7) is 1.82. The minimum atomic E-state index is -0.157. The van der Waals surface area contributed by atoms with E-state index >= 15 is 0 Å². The summed E-state index contributed by atoms with van der Waals surface area (Å²) in [7, 11) is 1.56. The van der Waals surface area contributed by atoms with Crippen molar-refractivity contribution < 1.29 is 9.84 Å². The lowest BCUT2D eigenvalue weighted by Crippen LogP contribution is -2.04. The molecule has 1 rings (SSSR count). The first kappa shape index (κ1) is 8.87. The molecule has 0 amide bonds. The Morgan fingerprint density at radius 2 is 2.17 bits per heavy atom. The third-order valence-electron chi connectivity index (χ3n) is 1.73. The van der Waals surface area contributed by atoms with Gasteiger partial charge in [-0.25, -0.2) is 0 Å². The molecular weight excluding hydrogens is 154 g/mol. The van der Waals surface area contributed by atoms with E-state index < -0.39 is 0 Å². The van der Waals surface area contributed by atoms with Gasteiger partial charge >= 0.3 is 0 Å². The number of nitrogens with two attached hydrogens (primary N) is 1. The summed E-state index contributed by atoms with van der Waals surface area (Å²) in [4.78, 5) is 0. The van der Waals surface area contributed by atoms with E-state index in [2.05, 4.69) is 0 Å². The van der Waals surface area contributed by atoms with Crippen LogP contribution in [0.3, 0.4) is 0 Å². The van der Waals surface area contributed by atoms with Gasteiger partial charge in [0, 0.05) is 17.7 Å². The molecule has 1 atom stereocenters. The molecule has 1 aromatic carbocycles. The predicted octanol–water partition coefficient (Wildman–Crippen LogP) is 1.42. The van der Waals surface area contributed by atoms with Gasteiger partial charge in [-0.2, -0.15) is 0 Å². The van der Waals surface area contributed by atoms with Gasteiger partial charge in [0.2, 0.25) is 0 Å². The lowest BCUT2D eigenvalue weighted by atomic mass is 10.1. The van der Waals surface area contributed by atoms with Crippen molar-refractivity contribution in [1.29, 1.82) is 0 Å². The fourth-order valence-electron chi connectivity index (χ4n) is 1.04. The van der Waals surface area contributed by atoms with Gasteiger partial charge in [0.25, 0.3) is 0 Å². The molecule has 1 aromatic rings. The van der Waals surface area contributed by atoms with Crippen molar-refractivity contribution in [2.24, 2.45) is 5.73 Å². The van der Waals surface area contributed by atoms with Crippen LogP contribution in [0.25, 0.3) is 0 Å². The molecule has 0 saturated carbocycles. The second-order valence-electron chi connectivity index (χ2n) is 2.71. The molecule has 12 heavy (non-hydrogen) atoms. The van der Waals surface area contributed by atoms with Crippen LogP contribution in [0.5, 0.6) is 11.5 Å². The van der Waals surface area contributed by atoms with E-state index in [0.29, 0.717) is 5.75 Å². The molecule has 0 aromatic heterocycles. The second-order valence-corrected chi connectivity index (χ2v) is 2.71. The number of hydrogen-bond acceptors (Lipinski definition) is 3. The Balaban J connectivity index is 3.03. The largest absolute Gasteiger partial charge is 0.507 e. The van der Waals surface area contributed by atoms with Gasteiger partial charge in [0.15, 0.2) is 0 Å². The summed E-state index contributed by atoms with van der Waals surface area (Å²) in [5, 5.41) is 9.43. The zero-order chi connectivity index (χ0) is 9.14. The maximum absolute atomic E-state index is 9.43. The molecule has 3 nitrogen and oxygen atoms in total. The van der Waals surface area contributed by atoms with E-state index in [9.17, 15) is 5.11 Å². The third kappa shape index (κ3) is 1.68. The number of phenols is 1. The molecule has 3 N–H and O–H groups in total. The summed E-state index contributed by atoms with van der Waals surface area (Å²) in [5.41, 5.74) is 6.34. The Labute approximate surface area is 71.8 Å². The van der Waals surface area contributed by atoms with Crippen molar-refractivity contribution in [3.05, 3.63) is 23.8 Å². The van der Waals surface area contributed by atoms with Gasteiger partial charge in [0.05, 0.1) is 7.11 Å². The van der Waals surface area contributed by atoms with Crippen LogP contribution < -0.4 is 10.5 Å².